The highest BCUT2D eigenvalue weighted by Crippen LogP contribution is 2.39. The molecule has 0 unspecified atom stereocenters. The van der Waals surface area contributed by atoms with Crippen LogP contribution in [0.5, 0.6) is 17.2 Å². The van der Waals surface area contributed by atoms with Crippen molar-refractivity contribution in [3.63, 3.8) is 0 Å². The molecule has 0 saturated heterocycles. The molecular formula is C25H24N2O5. The molecule has 0 spiro atoms. The lowest BCUT2D eigenvalue weighted by atomic mass is 9.93. The normalized spacial score (nSPS) is 15.1. The summed E-state index contributed by atoms with van der Waals surface area (Å²) in [6.45, 7) is 3.63. The summed E-state index contributed by atoms with van der Waals surface area (Å²) in [5.41, 5.74) is 2.99. The lowest BCUT2D eigenvalue weighted by Crippen LogP contribution is -2.42. The number of methoxy groups -OCH3 is 3. The SMILES string of the molecule is COc1cc(/C=C2/C(=O)N(Cc3ccc(C)cc3)C(=O)C(C#N)=C2C)cc(OC)c1OC. The summed E-state index contributed by atoms with van der Waals surface area (Å²) in [7, 11) is 4.51. The van der Waals surface area contributed by atoms with E-state index in [0.29, 0.717) is 28.4 Å². The van der Waals surface area contributed by atoms with Gasteiger partial charge in [-0.2, -0.15) is 5.26 Å². The van der Waals surface area contributed by atoms with Crippen LogP contribution in [-0.2, 0) is 16.1 Å². The third-order valence-electron chi connectivity index (χ3n) is 5.28. The number of amides is 2. The van der Waals surface area contributed by atoms with Crippen molar-refractivity contribution in [3.05, 3.63) is 69.8 Å². The highest BCUT2D eigenvalue weighted by molar-refractivity contribution is 6.19. The first-order valence-electron chi connectivity index (χ1n) is 9.89. The number of nitrogens with zero attached hydrogens (tertiary/aromatic N) is 2. The van der Waals surface area contributed by atoms with E-state index >= 15 is 0 Å². The second kappa shape index (κ2) is 9.40. The number of hydrogen-bond donors (Lipinski definition) is 0. The van der Waals surface area contributed by atoms with Crippen LogP contribution in [0.2, 0.25) is 0 Å². The molecule has 0 aromatic heterocycles. The maximum absolute atomic E-state index is 13.3. The Hall–Kier alpha value is -4.05. The van der Waals surface area contributed by atoms with Gasteiger partial charge < -0.3 is 14.2 Å². The second-order valence-corrected chi connectivity index (χ2v) is 7.31. The Labute approximate surface area is 187 Å². The maximum atomic E-state index is 13.3. The van der Waals surface area contributed by atoms with Crippen molar-refractivity contribution in [1.29, 1.82) is 5.26 Å². The Morgan fingerprint density at radius 1 is 0.938 bits per heavy atom. The predicted molar refractivity (Wildman–Crippen MR) is 119 cm³/mol. The lowest BCUT2D eigenvalue weighted by molar-refractivity contribution is -0.141. The topological polar surface area (TPSA) is 88.9 Å². The van der Waals surface area contributed by atoms with Gasteiger partial charge in [-0.25, -0.2) is 0 Å². The molecule has 0 N–H and O–H groups in total. The summed E-state index contributed by atoms with van der Waals surface area (Å²) in [6, 6.07) is 12.9. The van der Waals surface area contributed by atoms with Crippen LogP contribution in [0.25, 0.3) is 6.08 Å². The average molecular weight is 432 g/mol. The zero-order valence-corrected chi connectivity index (χ0v) is 18.7. The van der Waals surface area contributed by atoms with Crippen LogP contribution in [0, 0.1) is 18.3 Å². The molecule has 0 aliphatic carbocycles. The van der Waals surface area contributed by atoms with E-state index in [4.69, 9.17) is 14.2 Å². The van der Waals surface area contributed by atoms with Gasteiger partial charge in [0.2, 0.25) is 5.75 Å². The predicted octanol–water partition coefficient (Wildman–Crippen LogP) is 3.81. The van der Waals surface area contributed by atoms with E-state index in [1.165, 1.54) is 21.3 Å². The number of hydrogen-bond acceptors (Lipinski definition) is 6. The first kappa shape index (κ1) is 22.6. The van der Waals surface area contributed by atoms with Crippen LogP contribution in [0.4, 0.5) is 0 Å². The van der Waals surface area contributed by atoms with Gasteiger partial charge in [0.25, 0.3) is 11.8 Å². The summed E-state index contributed by atoms with van der Waals surface area (Å²) in [5, 5.41) is 9.60. The fraction of sp³-hybridized carbons (Fsp3) is 0.240. The molecule has 1 aliphatic heterocycles. The van der Waals surface area contributed by atoms with Crippen molar-refractivity contribution in [3.8, 4) is 23.3 Å². The second-order valence-electron chi connectivity index (χ2n) is 7.31. The maximum Gasteiger partial charge on any atom is 0.271 e. The van der Waals surface area contributed by atoms with E-state index in [0.717, 1.165) is 16.0 Å². The molecule has 164 valence electrons. The van der Waals surface area contributed by atoms with Crippen LogP contribution < -0.4 is 14.2 Å². The Balaban J connectivity index is 2.10. The number of benzene rings is 2. The Morgan fingerprint density at radius 3 is 2.03 bits per heavy atom. The third kappa shape index (κ3) is 4.21. The molecule has 0 radical (unpaired) electrons. The molecule has 0 atom stereocenters. The Bertz CT molecular complexity index is 1140. The van der Waals surface area contributed by atoms with Crippen molar-refractivity contribution in [2.24, 2.45) is 0 Å². The van der Waals surface area contributed by atoms with Crippen molar-refractivity contribution in [1.82, 2.24) is 4.90 Å². The van der Waals surface area contributed by atoms with Gasteiger partial charge in [-0.3, -0.25) is 14.5 Å². The van der Waals surface area contributed by atoms with Gasteiger partial charge in [0.05, 0.1) is 27.9 Å². The van der Waals surface area contributed by atoms with E-state index in [1.807, 2.05) is 37.3 Å². The highest BCUT2D eigenvalue weighted by atomic mass is 16.5. The van der Waals surface area contributed by atoms with Gasteiger partial charge in [0.15, 0.2) is 11.5 Å². The molecule has 1 heterocycles. The van der Waals surface area contributed by atoms with Crippen molar-refractivity contribution in [2.75, 3.05) is 21.3 Å². The molecule has 1 aliphatic rings. The van der Waals surface area contributed by atoms with Gasteiger partial charge in [-0.1, -0.05) is 29.8 Å². The van der Waals surface area contributed by atoms with Gasteiger partial charge >= 0.3 is 0 Å². The molecule has 0 saturated carbocycles. The molecular weight excluding hydrogens is 408 g/mol. The molecule has 0 bridgehead atoms. The number of aryl methyl sites for hydroxylation is 1. The minimum Gasteiger partial charge on any atom is -0.493 e. The number of rotatable bonds is 6. The number of imide groups is 1. The zero-order chi connectivity index (χ0) is 23.4. The summed E-state index contributed by atoms with van der Waals surface area (Å²) in [6.07, 6.45) is 1.62. The van der Waals surface area contributed by atoms with Crippen LogP contribution >= 0.6 is 0 Å². The minimum absolute atomic E-state index is 0.0598. The minimum atomic E-state index is -0.599. The number of carbonyl (C=O) groups excluding carboxylic acids is 2. The van der Waals surface area contributed by atoms with E-state index < -0.39 is 11.8 Å². The Morgan fingerprint density at radius 2 is 1.53 bits per heavy atom. The third-order valence-corrected chi connectivity index (χ3v) is 5.28. The van der Waals surface area contributed by atoms with Crippen molar-refractivity contribution < 1.29 is 23.8 Å². The van der Waals surface area contributed by atoms with Gasteiger partial charge in [-0.15, -0.1) is 0 Å². The summed E-state index contributed by atoms with van der Waals surface area (Å²) in [5.74, 6) is 0.208. The molecule has 2 amide bonds. The molecule has 3 rings (SSSR count). The van der Waals surface area contributed by atoms with Crippen molar-refractivity contribution in [2.45, 2.75) is 20.4 Å². The smallest absolute Gasteiger partial charge is 0.271 e. The average Bonchev–Trinajstić information content (AvgIpc) is 2.80. The van der Waals surface area contributed by atoms with Gasteiger partial charge in [0.1, 0.15) is 11.6 Å². The van der Waals surface area contributed by atoms with E-state index in [-0.39, 0.29) is 17.7 Å². The molecule has 7 nitrogen and oxygen atoms in total. The largest absolute Gasteiger partial charge is 0.493 e. The fourth-order valence-electron chi connectivity index (χ4n) is 3.50. The lowest BCUT2D eigenvalue weighted by Gasteiger charge is -2.27. The molecule has 7 heteroatoms. The van der Waals surface area contributed by atoms with Crippen LogP contribution in [0.1, 0.15) is 23.6 Å². The van der Waals surface area contributed by atoms with Gasteiger partial charge in [-0.05, 0) is 48.8 Å². The quantitative estimate of drug-likeness (QED) is 0.509. The molecule has 2 aromatic carbocycles. The summed E-state index contributed by atoms with van der Waals surface area (Å²) >= 11 is 0. The fourth-order valence-corrected chi connectivity index (χ4v) is 3.50. The number of nitriles is 1. The van der Waals surface area contributed by atoms with Crippen LogP contribution in [0.3, 0.4) is 0 Å². The van der Waals surface area contributed by atoms with Crippen molar-refractivity contribution >= 4 is 17.9 Å². The summed E-state index contributed by atoms with van der Waals surface area (Å²) in [4.78, 5) is 27.3. The van der Waals surface area contributed by atoms with E-state index in [2.05, 4.69) is 0 Å². The molecule has 32 heavy (non-hydrogen) atoms. The van der Waals surface area contributed by atoms with E-state index in [1.54, 1.807) is 25.1 Å². The molecule has 0 fully saturated rings. The van der Waals surface area contributed by atoms with Crippen LogP contribution in [-0.4, -0.2) is 38.0 Å². The standard InChI is InChI=1S/C25H24N2O5/c1-15-6-8-17(9-7-15)14-27-24(28)19(16(2)20(13-26)25(27)29)10-18-11-21(30-3)23(32-5)22(12-18)31-4/h6-12H,14H2,1-5H3/b19-10+. The number of carbonyl (C=O) groups is 2. The number of ether oxygens (including phenoxy) is 3. The molecule has 2 aromatic rings. The first-order chi connectivity index (χ1) is 15.3. The monoisotopic (exact) mass is 432 g/mol. The summed E-state index contributed by atoms with van der Waals surface area (Å²) < 4.78 is 16.1. The van der Waals surface area contributed by atoms with Crippen LogP contribution in [0.15, 0.2) is 53.1 Å². The Kier molecular flexibility index (Phi) is 6.64. The highest BCUT2D eigenvalue weighted by Gasteiger charge is 2.35. The zero-order valence-electron chi connectivity index (χ0n) is 18.7. The van der Waals surface area contributed by atoms with E-state index in [9.17, 15) is 14.9 Å². The first-order valence-corrected chi connectivity index (χ1v) is 9.89. The van der Waals surface area contributed by atoms with Gasteiger partial charge in [0, 0.05) is 5.57 Å².